The molecule has 29 heavy (non-hydrogen) atoms. The lowest BCUT2D eigenvalue weighted by atomic mass is 9.78. The number of rotatable bonds is 2. The summed E-state index contributed by atoms with van der Waals surface area (Å²) < 4.78 is 45.1. The Balaban J connectivity index is 1.92. The normalized spacial score (nSPS) is 18.7. The highest BCUT2D eigenvalue weighted by Crippen LogP contribution is 2.46. The van der Waals surface area contributed by atoms with Crippen LogP contribution < -0.4 is 4.74 Å². The van der Waals surface area contributed by atoms with Gasteiger partial charge < -0.3 is 4.74 Å². The van der Waals surface area contributed by atoms with Crippen LogP contribution >= 0.6 is 11.6 Å². The topological polar surface area (TPSA) is 85.6 Å². The van der Waals surface area contributed by atoms with Crippen LogP contribution in [-0.2, 0) is 6.18 Å². The molecule has 2 atom stereocenters. The number of aromatic amines is 1. The summed E-state index contributed by atoms with van der Waals surface area (Å²) in [5, 5.41) is 25.1. The van der Waals surface area contributed by atoms with Gasteiger partial charge in [0, 0.05) is 16.5 Å². The lowest BCUT2D eigenvalue weighted by molar-refractivity contribution is -0.137. The van der Waals surface area contributed by atoms with E-state index in [1.807, 2.05) is 6.07 Å². The summed E-state index contributed by atoms with van der Waals surface area (Å²) in [5.41, 5.74) is 1.01. The standard InChI is InChI=1S/C20H12ClF3N4O/c21-13-6-4-10(5-7-13)17-16-15(11-2-1-3-12(8-11)20(22,23)24)14(9-25)18(26)29-19(16)28-27-17/h1-8,14-15,26H,(H,27,28). The number of nitriles is 1. The molecule has 146 valence electrons. The number of fused-ring (bicyclic) bond motifs is 1. The van der Waals surface area contributed by atoms with Crippen LogP contribution in [0.4, 0.5) is 13.2 Å². The molecule has 1 aliphatic rings. The first kappa shape index (κ1) is 19.0. The molecule has 2 aromatic carbocycles. The molecule has 2 unspecified atom stereocenters. The fourth-order valence-corrected chi connectivity index (χ4v) is 3.55. The molecule has 0 saturated carbocycles. The molecule has 3 aromatic rings. The number of ether oxygens (including phenoxy) is 1. The summed E-state index contributed by atoms with van der Waals surface area (Å²) in [6.45, 7) is 0. The number of hydrogen-bond acceptors (Lipinski definition) is 4. The third kappa shape index (κ3) is 3.34. The van der Waals surface area contributed by atoms with Crippen molar-refractivity contribution in [3.05, 3.63) is 70.2 Å². The van der Waals surface area contributed by atoms with Crippen LogP contribution in [0.5, 0.6) is 5.88 Å². The second-order valence-corrected chi connectivity index (χ2v) is 6.93. The Morgan fingerprint density at radius 2 is 1.90 bits per heavy atom. The van der Waals surface area contributed by atoms with Gasteiger partial charge in [0.05, 0.1) is 22.9 Å². The van der Waals surface area contributed by atoms with Crippen molar-refractivity contribution in [3.8, 4) is 23.2 Å². The first-order chi connectivity index (χ1) is 13.8. The first-order valence-corrected chi connectivity index (χ1v) is 8.84. The van der Waals surface area contributed by atoms with Gasteiger partial charge >= 0.3 is 6.18 Å². The van der Waals surface area contributed by atoms with Crippen molar-refractivity contribution in [1.29, 1.82) is 10.7 Å². The van der Waals surface area contributed by atoms with E-state index in [0.717, 1.165) is 12.1 Å². The molecule has 1 aromatic heterocycles. The zero-order chi connectivity index (χ0) is 20.8. The highest BCUT2D eigenvalue weighted by Gasteiger charge is 2.41. The van der Waals surface area contributed by atoms with Crippen molar-refractivity contribution >= 4 is 17.5 Å². The zero-order valence-corrected chi connectivity index (χ0v) is 15.3. The number of alkyl halides is 3. The summed E-state index contributed by atoms with van der Waals surface area (Å²) >= 11 is 5.94. The van der Waals surface area contributed by atoms with Crippen molar-refractivity contribution in [2.24, 2.45) is 5.92 Å². The van der Waals surface area contributed by atoms with Crippen LogP contribution in [-0.4, -0.2) is 16.1 Å². The molecule has 4 rings (SSSR count). The molecule has 0 amide bonds. The van der Waals surface area contributed by atoms with Crippen molar-refractivity contribution in [2.45, 2.75) is 12.1 Å². The summed E-state index contributed by atoms with van der Waals surface area (Å²) in [5.74, 6) is -2.26. The van der Waals surface area contributed by atoms with Gasteiger partial charge in [-0.15, -0.1) is 5.10 Å². The molecule has 0 fully saturated rings. The van der Waals surface area contributed by atoms with Gasteiger partial charge in [-0.05, 0) is 23.8 Å². The molecule has 0 radical (unpaired) electrons. The number of hydrogen-bond donors (Lipinski definition) is 2. The Labute approximate surface area is 168 Å². The minimum absolute atomic E-state index is 0.0638. The van der Waals surface area contributed by atoms with Crippen LogP contribution in [0.1, 0.15) is 22.6 Å². The fourth-order valence-electron chi connectivity index (χ4n) is 3.42. The molecule has 2 heterocycles. The van der Waals surface area contributed by atoms with Gasteiger partial charge in [-0.25, -0.2) is 0 Å². The van der Waals surface area contributed by atoms with E-state index in [2.05, 4.69) is 10.2 Å². The van der Waals surface area contributed by atoms with E-state index >= 15 is 0 Å². The Hall–Kier alpha value is -3.31. The Bertz CT molecular complexity index is 1130. The number of aromatic nitrogens is 2. The van der Waals surface area contributed by atoms with Crippen LogP contribution in [0.2, 0.25) is 5.02 Å². The first-order valence-electron chi connectivity index (χ1n) is 8.47. The number of nitrogens with one attached hydrogen (secondary N) is 2. The molecule has 1 aliphatic heterocycles. The van der Waals surface area contributed by atoms with E-state index in [4.69, 9.17) is 21.7 Å². The van der Waals surface area contributed by atoms with Crippen molar-refractivity contribution < 1.29 is 17.9 Å². The average Bonchev–Trinajstić information content (AvgIpc) is 3.10. The molecule has 2 N–H and O–H groups in total. The summed E-state index contributed by atoms with van der Waals surface area (Å²) in [6.07, 6.45) is -4.53. The zero-order valence-electron chi connectivity index (χ0n) is 14.6. The van der Waals surface area contributed by atoms with Crippen LogP contribution in [0.25, 0.3) is 11.3 Å². The van der Waals surface area contributed by atoms with Crippen molar-refractivity contribution in [1.82, 2.24) is 10.2 Å². The second-order valence-electron chi connectivity index (χ2n) is 6.50. The van der Waals surface area contributed by atoms with Crippen molar-refractivity contribution in [2.75, 3.05) is 0 Å². The Morgan fingerprint density at radius 3 is 2.55 bits per heavy atom. The van der Waals surface area contributed by atoms with Gasteiger partial charge in [-0.1, -0.05) is 41.9 Å². The highest BCUT2D eigenvalue weighted by molar-refractivity contribution is 6.30. The molecule has 0 bridgehead atoms. The van der Waals surface area contributed by atoms with Crippen LogP contribution in [0.3, 0.4) is 0 Å². The third-order valence-electron chi connectivity index (χ3n) is 4.75. The maximum Gasteiger partial charge on any atom is 0.416 e. The quantitative estimate of drug-likeness (QED) is 0.587. The minimum atomic E-state index is -4.53. The minimum Gasteiger partial charge on any atom is -0.422 e. The molecule has 0 saturated heterocycles. The van der Waals surface area contributed by atoms with E-state index in [1.165, 1.54) is 12.1 Å². The third-order valence-corrected chi connectivity index (χ3v) is 5.00. The number of benzene rings is 2. The van der Waals surface area contributed by atoms with E-state index in [0.29, 0.717) is 21.8 Å². The van der Waals surface area contributed by atoms with Gasteiger partial charge in [0.15, 0.2) is 0 Å². The highest BCUT2D eigenvalue weighted by atomic mass is 35.5. The maximum absolute atomic E-state index is 13.2. The lowest BCUT2D eigenvalue weighted by Crippen LogP contribution is -2.31. The van der Waals surface area contributed by atoms with Gasteiger partial charge in [0.2, 0.25) is 11.8 Å². The second kappa shape index (κ2) is 6.94. The van der Waals surface area contributed by atoms with E-state index in [1.54, 1.807) is 24.3 Å². The lowest BCUT2D eigenvalue weighted by Gasteiger charge is -2.28. The Morgan fingerprint density at radius 1 is 1.17 bits per heavy atom. The average molecular weight is 417 g/mol. The smallest absolute Gasteiger partial charge is 0.416 e. The van der Waals surface area contributed by atoms with Gasteiger partial charge in [-0.3, -0.25) is 10.5 Å². The summed E-state index contributed by atoms with van der Waals surface area (Å²) in [4.78, 5) is 0. The summed E-state index contributed by atoms with van der Waals surface area (Å²) in [7, 11) is 0. The van der Waals surface area contributed by atoms with Crippen LogP contribution in [0, 0.1) is 22.7 Å². The molecule has 0 spiro atoms. The number of halogens is 4. The number of nitrogens with zero attached hydrogens (tertiary/aromatic N) is 2. The predicted octanol–water partition coefficient (Wildman–Crippen LogP) is 5.39. The maximum atomic E-state index is 13.2. The molecular weight excluding hydrogens is 405 g/mol. The van der Waals surface area contributed by atoms with Crippen molar-refractivity contribution in [3.63, 3.8) is 0 Å². The largest absolute Gasteiger partial charge is 0.422 e. The SMILES string of the molecule is N#CC1C(=N)Oc2n[nH]c(-c3ccc(Cl)cc3)c2C1c1cccc(C(F)(F)F)c1. The van der Waals surface area contributed by atoms with Crippen LogP contribution in [0.15, 0.2) is 48.5 Å². The van der Waals surface area contributed by atoms with E-state index in [9.17, 15) is 18.4 Å². The van der Waals surface area contributed by atoms with E-state index < -0.39 is 23.6 Å². The Kier molecular flexibility index (Phi) is 4.55. The monoisotopic (exact) mass is 416 g/mol. The predicted molar refractivity (Wildman–Crippen MR) is 99.8 cm³/mol. The number of H-pyrrole nitrogens is 1. The van der Waals surface area contributed by atoms with Gasteiger partial charge in [0.25, 0.3) is 0 Å². The van der Waals surface area contributed by atoms with Gasteiger partial charge in [-0.2, -0.15) is 18.4 Å². The summed E-state index contributed by atoms with van der Waals surface area (Å²) in [6, 6.07) is 13.5. The fraction of sp³-hybridized carbons (Fsp3) is 0.150. The molecule has 5 nitrogen and oxygen atoms in total. The molecule has 9 heteroatoms. The molecular formula is C20H12ClF3N4O. The van der Waals surface area contributed by atoms with Gasteiger partial charge in [0.1, 0.15) is 5.92 Å². The van der Waals surface area contributed by atoms with E-state index in [-0.39, 0.29) is 17.3 Å². The molecule has 0 aliphatic carbocycles.